The summed E-state index contributed by atoms with van der Waals surface area (Å²) in [7, 11) is 0. The quantitative estimate of drug-likeness (QED) is 0.815. The highest BCUT2D eigenvalue weighted by Gasteiger charge is 2.42. The third-order valence-electron chi connectivity index (χ3n) is 3.63. The molecule has 1 saturated heterocycles. The number of aryl methyl sites for hydroxylation is 1. The maximum Gasteiger partial charge on any atom is 0.416 e. The first-order chi connectivity index (χ1) is 9.61. The molecule has 1 aromatic rings. The van der Waals surface area contributed by atoms with Gasteiger partial charge in [-0.1, -0.05) is 11.6 Å². The van der Waals surface area contributed by atoms with Crippen LogP contribution in [0, 0.1) is 6.92 Å². The Labute approximate surface area is 121 Å². The van der Waals surface area contributed by atoms with E-state index in [2.05, 4.69) is 0 Å². The summed E-state index contributed by atoms with van der Waals surface area (Å²) in [5.74, 6) is 0. The van der Waals surface area contributed by atoms with E-state index < -0.39 is 23.9 Å². The third-order valence-corrected chi connectivity index (χ3v) is 3.63. The van der Waals surface area contributed by atoms with E-state index in [1.54, 1.807) is 24.8 Å². The summed E-state index contributed by atoms with van der Waals surface area (Å²) in [5, 5.41) is 0. The lowest BCUT2D eigenvalue weighted by Gasteiger charge is -2.24. The normalized spacial score (nSPS) is 22.9. The van der Waals surface area contributed by atoms with Gasteiger partial charge in [0.2, 0.25) is 0 Å². The van der Waals surface area contributed by atoms with E-state index in [9.17, 15) is 18.0 Å². The minimum absolute atomic E-state index is 0.0654. The Morgan fingerprint density at radius 2 is 1.86 bits per heavy atom. The molecule has 0 saturated carbocycles. The number of ether oxygens (including phenoxy) is 1. The molecule has 0 aromatic heterocycles. The summed E-state index contributed by atoms with van der Waals surface area (Å²) in [6, 6.07) is 3.41. The predicted molar refractivity (Wildman–Crippen MR) is 71.8 cm³/mol. The Morgan fingerprint density at radius 3 is 2.33 bits per heavy atom. The minimum atomic E-state index is -4.41. The van der Waals surface area contributed by atoms with Crippen molar-refractivity contribution < 1.29 is 22.7 Å². The fourth-order valence-electron chi connectivity index (χ4n) is 2.75. The summed E-state index contributed by atoms with van der Waals surface area (Å²) < 4.78 is 44.0. The Kier molecular flexibility index (Phi) is 3.91. The Bertz CT molecular complexity index is 554. The largest absolute Gasteiger partial charge is 0.439 e. The zero-order chi connectivity index (χ0) is 15.9. The number of alkyl halides is 3. The average Bonchev–Trinajstić information content (AvgIpc) is 2.62. The Morgan fingerprint density at radius 1 is 1.24 bits per heavy atom. The van der Waals surface area contributed by atoms with Crippen molar-refractivity contribution in [2.75, 3.05) is 0 Å². The van der Waals surface area contributed by atoms with Crippen molar-refractivity contribution in [3.05, 3.63) is 34.9 Å². The SMILES string of the molecule is Cc1cc([C@H]2OC(=O)N(C(C)C)[C@@H]2C)cc(C(F)(F)F)c1. The second-order valence-electron chi connectivity index (χ2n) is 5.68. The molecule has 1 fully saturated rings. The zero-order valence-corrected chi connectivity index (χ0v) is 12.4. The number of rotatable bonds is 2. The van der Waals surface area contributed by atoms with E-state index in [0.717, 1.165) is 12.1 Å². The molecule has 1 aliphatic rings. The van der Waals surface area contributed by atoms with Gasteiger partial charge >= 0.3 is 12.3 Å². The lowest BCUT2D eigenvalue weighted by molar-refractivity contribution is -0.137. The molecular weight excluding hydrogens is 283 g/mol. The van der Waals surface area contributed by atoms with Gasteiger partial charge in [0.25, 0.3) is 0 Å². The number of benzene rings is 1. The van der Waals surface area contributed by atoms with Crippen molar-refractivity contribution in [2.45, 2.75) is 52.1 Å². The maximum absolute atomic E-state index is 12.9. The van der Waals surface area contributed by atoms with E-state index in [0.29, 0.717) is 11.1 Å². The molecule has 0 radical (unpaired) electrons. The standard InChI is InChI=1S/C15H18F3NO2/c1-8(2)19-10(4)13(21-14(19)20)11-5-9(3)6-12(7-11)15(16,17)18/h5-8,10,13H,1-4H3/t10-,13+/m1/s1. The smallest absolute Gasteiger partial charge is 0.416 e. The van der Waals surface area contributed by atoms with Gasteiger partial charge in [-0.15, -0.1) is 0 Å². The predicted octanol–water partition coefficient (Wildman–Crippen LogP) is 4.30. The lowest BCUT2D eigenvalue weighted by atomic mass is 9.98. The van der Waals surface area contributed by atoms with Crippen LogP contribution in [0.3, 0.4) is 0 Å². The van der Waals surface area contributed by atoms with Gasteiger partial charge in [-0.2, -0.15) is 13.2 Å². The van der Waals surface area contributed by atoms with E-state index in [-0.39, 0.29) is 12.1 Å². The molecule has 6 heteroatoms. The fraction of sp³-hybridized carbons (Fsp3) is 0.533. The molecule has 2 rings (SSSR count). The number of cyclic esters (lactones) is 1. The summed E-state index contributed by atoms with van der Waals surface area (Å²) >= 11 is 0. The molecule has 21 heavy (non-hydrogen) atoms. The van der Waals surface area contributed by atoms with Gasteiger partial charge in [-0.25, -0.2) is 4.79 Å². The molecule has 116 valence electrons. The number of carbonyl (C=O) groups is 1. The van der Waals surface area contributed by atoms with Crippen molar-refractivity contribution in [3.63, 3.8) is 0 Å². The van der Waals surface area contributed by atoms with E-state index in [1.165, 1.54) is 0 Å². The van der Waals surface area contributed by atoms with Crippen LogP contribution in [0.25, 0.3) is 0 Å². The molecular formula is C15H18F3NO2. The molecule has 0 N–H and O–H groups in total. The van der Waals surface area contributed by atoms with Crippen LogP contribution < -0.4 is 0 Å². The molecule has 0 aliphatic carbocycles. The third kappa shape index (κ3) is 2.99. The Balaban J connectivity index is 2.39. The molecule has 1 heterocycles. The van der Waals surface area contributed by atoms with Crippen LogP contribution in [0.15, 0.2) is 18.2 Å². The number of hydrogen-bond donors (Lipinski definition) is 0. The van der Waals surface area contributed by atoms with Crippen LogP contribution in [0.1, 0.15) is 43.6 Å². The number of halogens is 3. The summed E-state index contributed by atoms with van der Waals surface area (Å²) in [4.78, 5) is 13.4. The van der Waals surface area contributed by atoms with Gasteiger partial charge in [0.1, 0.15) is 6.10 Å². The Hall–Kier alpha value is -1.72. The van der Waals surface area contributed by atoms with Gasteiger partial charge in [0, 0.05) is 6.04 Å². The van der Waals surface area contributed by atoms with Crippen molar-refractivity contribution in [1.29, 1.82) is 0 Å². The first-order valence-electron chi connectivity index (χ1n) is 6.79. The van der Waals surface area contributed by atoms with Gasteiger partial charge in [-0.05, 0) is 45.4 Å². The van der Waals surface area contributed by atoms with Gasteiger partial charge in [-0.3, -0.25) is 4.90 Å². The number of hydrogen-bond acceptors (Lipinski definition) is 2. The lowest BCUT2D eigenvalue weighted by Crippen LogP contribution is -2.37. The second-order valence-corrected chi connectivity index (χ2v) is 5.68. The van der Waals surface area contributed by atoms with Crippen LogP contribution in [-0.4, -0.2) is 23.1 Å². The van der Waals surface area contributed by atoms with Crippen LogP contribution in [0.5, 0.6) is 0 Å². The monoisotopic (exact) mass is 301 g/mol. The van der Waals surface area contributed by atoms with E-state index in [1.807, 2.05) is 13.8 Å². The van der Waals surface area contributed by atoms with Crippen LogP contribution in [-0.2, 0) is 10.9 Å². The maximum atomic E-state index is 12.9. The molecule has 0 spiro atoms. The summed E-state index contributed by atoms with van der Waals surface area (Å²) in [6.07, 6.45) is -5.58. The number of nitrogens with zero attached hydrogens (tertiary/aromatic N) is 1. The van der Waals surface area contributed by atoms with Crippen LogP contribution in [0.2, 0.25) is 0 Å². The van der Waals surface area contributed by atoms with E-state index in [4.69, 9.17) is 4.74 Å². The molecule has 0 unspecified atom stereocenters. The van der Waals surface area contributed by atoms with Gasteiger partial charge in [0.05, 0.1) is 11.6 Å². The van der Waals surface area contributed by atoms with Crippen molar-refractivity contribution in [3.8, 4) is 0 Å². The molecule has 1 amide bonds. The topological polar surface area (TPSA) is 29.5 Å². The number of amides is 1. The molecule has 1 aliphatic heterocycles. The number of carbonyl (C=O) groups excluding carboxylic acids is 1. The molecule has 3 nitrogen and oxygen atoms in total. The summed E-state index contributed by atoms with van der Waals surface area (Å²) in [5.41, 5.74) is 0.154. The van der Waals surface area contributed by atoms with Crippen molar-refractivity contribution in [1.82, 2.24) is 4.90 Å². The van der Waals surface area contributed by atoms with Crippen molar-refractivity contribution >= 4 is 6.09 Å². The molecule has 0 bridgehead atoms. The van der Waals surface area contributed by atoms with Crippen LogP contribution in [0.4, 0.5) is 18.0 Å². The molecule has 2 atom stereocenters. The zero-order valence-electron chi connectivity index (χ0n) is 12.4. The first kappa shape index (κ1) is 15.7. The summed E-state index contributed by atoms with van der Waals surface area (Å²) in [6.45, 7) is 7.07. The fourth-order valence-corrected chi connectivity index (χ4v) is 2.75. The molecule has 1 aromatic carbocycles. The van der Waals surface area contributed by atoms with E-state index >= 15 is 0 Å². The van der Waals surface area contributed by atoms with Crippen LogP contribution >= 0.6 is 0 Å². The van der Waals surface area contributed by atoms with Gasteiger partial charge < -0.3 is 4.74 Å². The van der Waals surface area contributed by atoms with Crippen molar-refractivity contribution in [2.24, 2.45) is 0 Å². The van der Waals surface area contributed by atoms with Gasteiger partial charge in [0.15, 0.2) is 0 Å². The highest BCUT2D eigenvalue weighted by Crippen LogP contribution is 2.37. The minimum Gasteiger partial charge on any atom is -0.439 e. The first-order valence-corrected chi connectivity index (χ1v) is 6.79. The average molecular weight is 301 g/mol. The second kappa shape index (κ2) is 5.24. The highest BCUT2D eigenvalue weighted by molar-refractivity contribution is 5.71. The highest BCUT2D eigenvalue weighted by atomic mass is 19.4.